The lowest BCUT2D eigenvalue weighted by Gasteiger charge is -2.55. The van der Waals surface area contributed by atoms with Crippen LogP contribution in [0.2, 0.25) is 5.02 Å². The summed E-state index contributed by atoms with van der Waals surface area (Å²) in [4.78, 5) is 79.7. The topological polar surface area (TPSA) is 383 Å². The van der Waals surface area contributed by atoms with Crippen molar-refractivity contribution in [2.45, 2.75) is 54.4 Å². The van der Waals surface area contributed by atoms with Crippen LogP contribution in [0.1, 0.15) is 41.7 Å². The highest BCUT2D eigenvalue weighted by Crippen LogP contribution is 2.59. The van der Waals surface area contributed by atoms with Crippen LogP contribution in [0.5, 0.6) is 11.5 Å². The van der Waals surface area contributed by atoms with Crippen LogP contribution in [0, 0.1) is 23.7 Å². The minimum Gasteiger partial charge on any atom is -0.508 e. The molecular formula is C43H45ClN4O17. The van der Waals surface area contributed by atoms with Crippen LogP contribution >= 0.6 is 11.6 Å². The first-order chi connectivity index (χ1) is 30.0. The minimum atomic E-state index is -3.02. The number of carbonyl (C=O) groups excluding carboxylic acids is 6. The highest BCUT2D eigenvalue weighted by molar-refractivity contribution is 6.32. The van der Waals surface area contributed by atoms with E-state index in [0.29, 0.717) is 0 Å². The number of hydrogen-bond acceptors (Lipinski definition) is 19. The summed E-state index contributed by atoms with van der Waals surface area (Å²) in [6.45, 7) is 1.25. The van der Waals surface area contributed by atoms with E-state index in [2.05, 4.69) is 0 Å². The van der Waals surface area contributed by atoms with Crippen LogP contribution in [-0.2, 0) is 34.4 Å². The first-order valence-electron chi connectivity index (χ1n) is 19.8. The predicted molar refractivity (Wildman–Crippen MR) is 222 cm³/mol. The number of phenols is 2. The van der Waals surface area contributed by atoms with E-state index in [1.807, 2.05) is 0 Å². The fraction of sp³-hybridized carbons (Fsp3) is 0.395. The molecule has 0 aromatic heterocycles. The maximum atomic E-state index is 13.7. The van der Waals surface area contributed by atoms with Gasteiger partial charge in [-0.05, 0) is 65.3 Å². The molecule has 15 N–H and O–H groups in total. The molecule has 2 fully saturated rings. The number of primary amides is 2. The lowest BCUT2D eigenvalue weighted by Crippen LogP contribution is -2.71. The number of halogens is 1. The molecule has 6 aliphatic carbocycles. The Morgan fingerprint density at radius 2 is 1.20 bits per heavy atom. The number of Topliss-reactive ketones (excluding diaryl/α,β-unsaturated/α-hetero) is 4. The Morgan fingerprint density at radius 3 is 1.74 bits per heavy atom. The molecule has 2 aromatic rings. The van der Waals surface area contributed by atoms with Crippen molar-refractivity contribution in [2.24, 2.45) is 35.1 Å². The van der Waals surface area contributed by atoms with Gasteiger partial charge in [0.05, 0.1) is 58.4 Å². The van der Waals surface area contributed by atoms with Crippen molar-refractivity contribution in [3.05, 3.63) is 91.4 Å². The zero-order valence-corrected chi connectivity index (χ0v) is 35.8. The highest BCUT2D eigenvalue weighted by atomic mass is 35.5. The predicted octanol–water partition coefficient (Wildman–Crippen LogP) is -1.29. The number of phenolic OH excluding ortho intramolecular Hbond substituents is 2. The highest BCUT2D eigenvalue weighted by Gasteiger charge is 2.70. The van der Waals surface area contributed by atoms with Gasteiger partial charge in [-0.3, -0.25) is 38.6 Å². The van der Waals surface area contributed by atoms with E-state index in [4.69, 9.17) is 23.1 Å². The molecule has 22 heteroatoms. The van der Waals surface area contributed by atoms with Gasteiger partial charge in [0, 0.05) is 28.0 Å². The van der Waals surface area contributed by atoms with Gasteiger partial charge in [0.15, 0.2) is 22.8 Å². The van der Waals surface area contributed by atoms with Crippen molar-refractivity contribution in [2.75, 3.05) is 28.2 Å². The van der Waals surface area contributed by atoms with Gasteiger partial charge in [-0.15, -0.1) is 0 Å². The zero-order chi connectivity index (χ0) is 48.6. The molecule has 6 aliphatic rings. The molecule has 11 atom stereocenters. The number of fused-ring (bicyclic) bond motifs is 6. The zero-order valence-electron chi connectivity index (χ0n) is 35.0. The molecule has 0 radical (unpaired) electrons. The largest absolute Gasteiger partial charge is 0.508 e. The van der Waals surface area contributed by atoms with E-state index < -0.39 is 157 Å². The fourth-order valence-corrected chi connectivity index (χ4v) is 11.1. The Labute approximate surface area is 372 Å². The molecule has 0 saturated heterocycles. The number of aromatic hydroxyl groups is 2. The standard InChI is InChI=1S/C22H24N2O9.C21H21ClN2O8/c1-21(32)7-5-4-6-8(25)9(7)15(26)10-12(21)17(28)13-14(24(2)3)16(27)11(20(23)31)19(30)22(13,33)18(10)29;1-24(2)14-7-5-6-10(16(27)12-9(25)4-3-8(22)11(12)15(6)26)18(29)21(7,32)19(30)13(17(14)28)20(23)31/h4-6,12-14,17,25-26,28,30,32-33H,1-3H3,(H2,23,31);3-4,6-7,14-15,25-27,30,32H,5H2,1-2H3,(H2,23,31)/t12-,13-,14+,17+,21-,22+;6-,7-,14-,15-,21-/m10/s1. The first-order valence-corrected chi connectivity index (χ1v) is 20.2. The van der Waals surface area contributed by atoms with E-state index in [1.54, 1.807) is 0 Å². The number of nitrogens with two attached hydrogens (primary N) is 2. The van der Waals surface area contributed by atoms with Crippen LogP contribution < -0.4 is 11.5 Å². The Hall–Kier alpha value is -6.17. The van der Waals surface area contributed by atoms with Gasteiger partial charge in [0.25, 0.3) is 11.8 Å². The number of ketones is 4. The normalized spacial score (nSPS) is 34.0. The summed E-state index contributed by atoms with van der Waals surface area (Å²) in [5.74, 6) is -17.9. The third kappa shape index (κ3) is 6.03. The fourth-order valence-electron chi connectivity index (χ4n) is 10.8. The molecular weight excluding hydrogens is 880 g/mol. The number of likely N-dealkylation sites (N-methyl/N-ethyl adjacent to an activating group) is 2. The van der Waals surface area contributed by atoms with Crippen LogP contribution in [0.25, 0.3) is 11.5 Å². The number of rotatable bonds is 4. The van der Waals surface area contributed by atoms with Crippen LogP contribution in [-0.4, -0.2) is 158 Å². The number of hydrogen-bond donors (Lipinski definition) is 13. The average Bonchev–Trinajstić information content (AvgIpc) is 3.20. The quantitative estimate of drug-likeness (QED) is 0.159. The van der Waals surface area contributed by atoms with Gasteiger partial charge in [0.2, 0.25) is 11.6 Å². The smallest absolute Gasteiger partial charge is 0.255 e. The molecule has 65 heavy (non-hydrogen) atoms. The van der Waals surface area contributed by atoms with Gasteiger partial charge < -0.3 is 67.6 Å². The Morgan fingerprint density at radius 1 is 0.708 bits per heavy atom. The van der Waals surface area contributed by atoms with Gasteiger partial charge in [0.1, 0.15) is 45.7 Å². The summed E-state index contributed by atoms with van der Waals surface area (Å²) in [5, 5.41) is 121. The molecule has 346 valence electrons. The monoisotopic (exact) mass is 924 g/mol. The summed E-state index contributed by atoms with van der Waals surface area (Å²) in [6.07, 6.45) is -3.58. The van der Waals surface area contributed by atoms with Crippen LogP contribution in [0.3, 0.4) is 0 Å². The summed E-state index contributed by atoms with van der Waals surface area (Å²) >= 11 is 6.19. The lowest BCUT2D eigenvalue weighted by molar-refractivity contribution is -0.181. The van der Waals surface area contributed by atoms with Crippen molar-refractivity contribution in [3.8, 4) is 11.5 Å². The Balaban J connectivity index is 0.000000194. The molecule has 2 aromatic carbocycles. The van der Waals surface area contributed by atoms with Crippen LogP contribution in [0.4, 0.5) is 0 Å². The minimum absolute atomic E-state index is 0.00251. The number of aliphatic hydroxyl groups excluding tert-OH is 6. The Bertz CT molecular complexity index is 2700. The van der Waals surface area contributed by atoms with Gasteiger partial charge in [-0.25, -0.2) is 0 Å². The molecule has 0 bridgehead atoms. The van der Waals surface area contributed by atoms with Crippen molar-refractivity contribution >= 4 is 58.1 Å². The van der Waals surface area contributed by atoms with Crippen molar-refractivity contribution in [1.82, 2.24) is 9.80 Å². The molecule has 0 aliphatic heterocycles. The molecule has 21 nitrogen and oxygen atoms in total. The van der Waals surface area contributed by atoms with Gasteiger partial charge in [-0.1, -0.05) is 23.7 Å². The van der Waals surface area contributed by atoms with E-state index in [9.17, 15) is 84.9 Å². The summed E-state index contributed by atoms with van der Waals surface area (Å²) < 4.78 is 0. The number of aliphatic hydroxyl groups is 9. The van der Waals surface area contributed by atoms with E-state index >= 15 is 0 Å². The summed E-state index contributed by atoms with van der Waals surface area (Å²) in [5.41, 5.74) is -0.931. The van der Waals surface area contributed by atoms with Gasteiger partial charge >= 0.3 is 0 Å². The molecule has 0 unspecified atom stereocenters. The second-order valence-electron chi connectivity index (χ2n) is 17.5. The second kappa shape index (κ2) is 15.2. The number of benzene rings is 2. The molecule has 2 saturated carbocycles. The van der Waals surface area contributed by atoms with E-state index in [-0.39, 0.29) is 33.7 Å². The summed E-state index contributed by atoms with van der Waals surface area (Å²) in [6, 6.07) is 3.75. The van der Waals surface area contributed by atoms with Crippen LogP contribution in [0.15, 0.2) is 64.1 Å². The van der Waals surface area contributed by atoms with E-state index in [1.165, 1.54) is 75.2 Å². The maximum Gasteiger partial charge on any atom is 0.255 e. The van der Waals surface area contributed by atoms with Gasteiger partial charge in [-0.2, -0.15) is 0 Å². The third-order valence-electron chi connectivity index (χ3n) is 13.7. The second-order valence-corrected chi connectivity index (χ2v) is 17.9. The molecule has 0 heterocycles. The molecule has 8 rings (SSSR count). The van der Waals surface area contributed by atoms with Crippen molar-refractivity contribution < 1.29 is 84.9 Å². The first kappa shape index (κ1) is 46.8. The van der Waals surface area contributed by atoms with Crippen molar-refractivity contribution in [1.29, 1.82) is 0 Å². The number of carbonyl (C=O) groups is 6. The average molecular weight is 925 g/mol. The Kier molecular flexibility index (Phi) is 11.0. The lowest BCUT2D eigenvalue weighted by atomic mass is 9.53. The third-order valence-corrected chi connectivity index (χ3v) is 14.0. The maximum absolute atomic E-state index is 13.7. The summed E-state index contributed by atoms with van der Waals surface area (Å²) in [7, 11) is 5.77. The molecule has 2 amide bonds. The molecule has 0 spiro atoms. The van der Waals surface area contributed by atoms with Crippen molar-refractivity contribution in [3.63, 3.8) is 0 Å². The SMILES string of the molecule is CN(C)[C@@H]1C(=O)C(C(N)=O)=C(O)[C@@]2(O)C(=O)C3=C(O)c4c(O)ccc(Cl)c4[C@@H](O)[C@H]3C[C@@H]12.CN(C)[C@@H]1C(=O)C(C(N)=O)=C(O)[C@@]2(O)C(=O)C3=C(O)c4c(O)cccc4[C@@](C)(O)[C@H]3[C@H](O)[C@@H]12. The number of amides is 2. The number of nitrogens with zero attached hydrogens (tertiary/aromatic N) is 2. The van der Waals surface area contributed by atoms with E-state index in [0.717, 1.165) is 0 Å².